The first kappa shape index (κ1) is 27.0. The van der Waals surface area contributed by atoms with E-state index in [2.05, 4.69) is 103 Å². The summed E-state index contributed by atoms with van der Waals surface area (Å²) >= 11 is 0. The van der Waals surface area contributed by atoms with Crippen molar-refractivity contribution in [1.29, 1.82) is 0 Å². The van der Waals surface area contributed by atoms with Gasteiger partial charge in [0.05, 0.1) is 6.26 Å². The van der Waals surface area contributed by atoms with Crippen LogP contribution in [0.5, 0.6) is 0 Å². The number of rotatable bonds is 11. The Balaban J connectivity index is 2.51. The molecule has 0 N–H and O–H groups in total. The van der Waals surface area contributed by atoms with Crippen molar-refractivity contribution in [2.24, 2.45) is 5.92 Å². The zero-order valence-electron chi connectivity index (χ0n) is 22.2. The highest BCUT2D eigenvalue weighted by Crippen LogP contribution is 2.34. The molecule has 0 saturated carbocycles. The maximum absolute atomic E-state index is 6.26. The van der Waals surface area contributed by atoms with Gasteiger partial charge in [-0.05, 0) is 85.3 Å². The molecule has 0 spiro atoms. The van der Waals surface area contributed by atoms with Crippen molar-refractivity contribution < 1.29 is 4.74 Å². The van der Waals surface area contributed by atoms with Crippen LogP contribution in [0.1, 0.15) is 110 Å². The summed E-state index contributed by atoms with van der Waals surface area (Å²) in [5.41, 5.74) is 6.80. The van der Waals surface area contributed by atoms with Gasteiger partial charge in [0, 0.05) is 11.5 Å². The van der Waals surface area contributed by atoms with Crippen LogP contribution >= 0.6 is 0 Å². The predicted molar refractivity (Wildman–Crippen MR) is 145 cm³/mol. The second kappa shape index (κ2) is 14.1. The minimum absolute atomic E-state index is 0.363. The number of unbranched alkanes of at least 4 members (excludes halogenated alkanes) is 1. The van der Waals surface area contributed by atoms with Crippen molar-refractivity contribution >= 4 is 0 Å². The Morgan fingerprint density at radius 2 is 1.88 bits per heavy atom. The molecule has 0 radical (unpaired) electrons. The lowest BCUT2D eigenvalue weighted by atomic mass is 9.84. The third kappa shape index (κ3) is 7.63. The van der Waals surface area contributed by atoms with E-state index in [1.54, 1.807) is 0 Å². The molecule has 1 aromatic rings. The Morgan fingerprint density at radius 3 is 2.52 bits per heavy atom. The molecule has 0 bridgehead atoms. The molecule has 1 heteroatoms. The first-order chi connectivity index (χ1) is 16.0. The lowest BCUT2D eigenvalue weighted by molar-refractivity contribution is 0.358. The van der Waals surface area contributed by atoms with Crippen LogP contribution in [-0.2, 0) is 4.74 Å². The molecule has 33 heavy (non-hydrogen) atoms. The van der Waals surface area contributed by atoms with Crippen molar-refractivity contribution in [1.82, 2.24) is 0 Å². The number of hydrogen-bond donors (Lipinski definition) is 0. The Kier molecular flexibility index (Phi) is 11.5. The van der Waals surface area contributed by atoms with E-state index in [1.807, 2.05) is 6.26 Å². The van der Waals surface area contributed by atoms with Gasteiger partial charge >= 0.3 is 0 Å². The number of benzene rings is 1. The van der Waals surface area contributed by atoms with Crippen molar-refractivity contribution in [2.45, 2.75) is 98.8 Å². The van der Waals surface area contributed by atoms with Gasteiger partial charge in [0.2, 0.25) is 0 Å². The fourth-order valence-electron chi connectivity index (χ4n) is 4.51. The van der Waals surface area contributed by atoms with Crippen LogP contribution in [0.15, 0.2) is 83.4 Å². The Morgan fingerprint density at radius 1 is 1.12 bits per heavy atom. The predicted octanol–water partition coefficient (Wildman–Crippen LogP) is 10.2. The van der Waals surface area contributed by atoms with Gasteiger partial charge in [0.15, 0.2) is 0 Å². The topological polar surface area (TPSA) is 9.23 Å². The Hall–Kier alpha value is -2.28. The number of ether oxygens (including phenoxy) is 1. The zero-order chi connectivity index (χ0) is 24.2. The monoisotopic (exact) mass is 446 g/mol. The van der Waals surface area contributed by atoms with Gasteiger partial charge in [0.25, 0.3) is 0 Å². The summed E-state index contributed by atoms with van der Waals surface area (Å²) in [7, 11) is 0. The van der Waals surface area contributed by atoms with Crippen LogP contribution in [0.3, 0.4) is 0 Å². The molecule has 3 unspecified atom stereocenters. The van der Waals surface area contributed by atoms with Crippen LogP contribution in [0, 0.1) is 5.92 Å². The van der Waals surface area contributed by atoms with Crippen LogP contribution in [0.2, 0.25) is 0 Å². The van der Waals surface area contributed by atoms with E-state index in [9.17, 15) is 0 Å². The minimum atomic E-state index is 0.363. The summed E-state index contributed by atoms with van der Waals surface area (Å²) < 4.78 is 6.26. The molecule has 0 aromatic heterocycles. The van der Waals surface area contributed by atoms with E-state index >= 15 is 0 Å². The fraction of sp³-hybridized carbons (Fsp3) is 0.500. The average Bonchev–Trinajstić information content (AvgIpc) is 3.02. The molecule has 2 rings (SSSR count). The first-order valence-corrected chi connectivity index (χ1v) is 13.2. The molecular weight excluding hydrogens is 400 g/mol. The van der Waals surface area contributed by atoms with Crippen LogP contribution < -0.4 is 0 Å². The Labute approximate surface area is 204 Å². The standard InChI is InChI=1S/C32H46O/c1-8-13-16-30(32-20-19-25(7)26(11-4)23-33-32)22-28(15-9-2)31(12-5)29-18-14-17-27(21-29)24(6)10-3/h9,14-18,20-25,31H,8,10-13,19H2,1-7H3/b15-9-,28-22+,30-16-. The van der Waals surface area contributed by atoms with Crippen LogP contribution in [0.25, 0.3) is 0 Å². The lowest BCUT2D eigenvalue weighted by Gasteiger charge is -2.20. The first-order valence-electron chi connectivity index (χ1n) is 13.2. The van der Waals surface area contributed by atoms with Crippen LogP contribution in [0.4, 0.5) is 0 Å². The highest BCUT2D eigenvalue weighted by Gasteiger charge is 2.18. The zero-order valence-corrected chi connectivity index (χ0v) is 22.2. The average molecular weight is 447 g/mol. The van der Waals surface area contributed by atoms with E-state index in [-0.39, 0.29) is 0 Å². The third-order valence-electron chi connectivity index (χ3n) is 6.96. The van der Waals surface area contributed by atoms with Crippen molar-refractivity contribution in [3.05, 3.63) is 94.5 Å². The van der Waals surface area contributed by atoms with Gasteiger partial charge in [-0.3, -0.25) is 0 Å². The maximum atomic E-state index is 6.26. The van der Waals surface area contributed by atoms with Crippen molar-refractivity contribution in [2.75, 3.05) is 0 Å². The third-order valence-corrected chi connectivity index (χ3v) is 6.96. The van der Waals surface area contributed by atoms with E-state index in [0.717, 1.165) is 37.9 Å². The molecule has 0 aliphatic carbocycles. The second-order valence-electron chi connectivity index (χ2n) is 9.40. The number of hydrogen-bond acceptors (Lipinski definition) is 1. The molecule has 0 amide bonds. The summed E-state index contributed by atoms with van der Waals surface area (Å²) in [5.74, 6) is 2.49. The van der Waals surface area contributed by atoms with E-state index in [4.69, 9.17) is 4.74 Å². The van der Waals surface area contributed by atoms with Crippen molar-refractivity contribution in [3.63, 3.8) is 0 Å². The molecule has 0 saturated heterocycles. The molecule has 0 fully saturated rings. The molecule has 180 valence electrons. The lowest BCUT2D eigenvalue weighted by Crippen LogP contribution is -2.03. The summed E-state index contributed by atoms with van der Waals surface area (Å²) in [6.07, 6.45) is 20.0. The summed E-state index contributed by atoms with van der Waals surface area (Å²) in [6.45, 7) is 15.8. The van der Waals surface area contributed by atoms with Gasteiger partial charge in [-0.25, -0.2) is 0 Å². The smallest absolute Gasteiger partial charge is 0.129 e. The SMILES string of the molecule is C\C=C/C(=C\C(=C\CCC)C1=CCC(C)C(CC)=CO1)C(CC)c1cccc(C(C)CC)c1. The van der Waals surface area contributed by atoms with Gasteiger partial charge in [-0.15, -0.1) is 0 Å². The van der Waals surface area contributed by atoms with Gasteiger partial charge < -0.3 is 4.74 Å². The van der Waals surface area contributed by atoms with Crippen LogP contribution in [-0.4, -0.2) is 0 Å². The number of allylic oxidation sites excluding steroid dienone is 7. The van der Waals surface area contributed by atoms with E-state index < -0.39 is 0 Å². The minimum Gasteiger partial charge on any atom is -0.465 e. The summed E-state index contributed by atoms with van der Waals surface area (Å²) in [4.78, 5) is 0. The second-order valence-corrected chi connectivity index (χ2v) is 9.40. The molecule has 3 atom stereocenters. The fourth-order valence-corrected chi connectivity index (χ4v) is 4.51. The Bertz CT molecular complexity index is 893. The largest absolute Gasteiger partial charge is 0.465 e. The molecule has 1 aliphatic heterocycles. The van der Waals surface area contributed by atoms with Gasteiger partial charge in [-0.1, -0.05) is 90.5 Å². The maximum Gasteiger partial charge on any atom is 0.129 e. The molecule has 1 aliphatic rings. The highest BCUT2D eigenvalue weighted by atomic mass is 16.5. The quantitative estimate of drug-likeness (QED) is 0.307. The van der Waals surface area contributed by atoms with E-state index in [0.29, 0.717) is 17.8 Å². The van der Waals surface area contributed by atoms with Gasteiger partial charge in [-0.2, -0.15) is 0 Å². The molecular formula is C32H46O. The summed E-state index contributed by atoms with van der Waals surface area (Å²) in [5, 5.41) is 0. The summed E-state index contributed by atoms with van der Waals surface area (Å²) in [6, 6.07) is 9.23. The van der Waals surface area contributed by atoms with E-state index in [1.165, 1.54) is 34.3 Å². The molecule has 1 aromatic carbocycles. The normalized spacial score (nSPS) is 19.5. The highest BCUT2D eigenvalue weighted by molar-refractivity contribution is 5.46. The molecule has 1 heterocycles. The molecule has 1 nitrogen and oxygen atoms in total. The van der Waals surface area contributed by atoms with Gasteiger partial charge in [0.1, 0.15) is 5.76 Å². The van der Waals surface area contributed by atoms with Crippen molar-refractivity contribution in [3.8, 4) is 0 Å².